The number of benzene rings is 2. The molecule has 1 aliphatic rings. The van der Waals surface area contributed by atoms with Crippen LogP contribution in [0.1, 0.15) is 16.8 Å². The normalized spacial score (nSPS) is 16.6. The van der Waals surface area contributed by atoms with Gasteiger partial charge in [0.05, 0.1) is 36.1 Å². The van der Waals surface area contributed by atoms with Gasteiger partial charge in [0.1, 0.15) is 11.5 Å². The molecule has 0 radical (unpaired) electrons. The summed E-state index contributed by atoms with van der Waals surface area (Å²) in [7, 11) is -0.562. The van der Waals surface area contributed by atoms with Crippen LogP contribution in [0, 0.1) is 5.92 Å². The predicted molar refractivity (Wildman–Crippen MR) is 107 cm³/mol. The smallest absolute Gasteiger partial charge is 0.259 e. The van der Waals surface area contributed by atoms with Crippen molar-refractivity contribution in [2.24, 2.45) is 5.92 Å². The third-order valence-electron chi connectivity index (χ3n) is 4.75. The largest absolute Gasteiger partial charge is 0.496 e. The van der Waals surface area contributed by atoms with Gasteiger partial charge in [0.2, 0.25) is 0 Å². The Bertz CT molecular complexity index is 953. The van der Waals surface area contributed by atoms with Crippen molar-refractivity contribution >= 4 is 21.4 Å². The number of hydrogen-bond donors (Lipinski definition) is 2. The maximum atomic E-state index is 12.8. The van der Waals surface area contributed by atoms with Crippen LogP contribution >= 0.6 is 0 Å². The highest BCUT2D eigenvalue weighted by molar-refractivity contribution is 7.91. The Labute approximate surface area is 165 Å². The number of rotatable bonds is 7. The summed E-state index contributed by atoms with van der Waals surface area (Å²) >= 11 is 0. The van der Waals surface area contributed by atoms with Crippen molar-refractivity contribution < 1.29 is 22.7 Å². The summed E-state index contributed by atoms with van der Waals surface area (Å²) in [6.07, 6.45) is 0.830. The first kappa shape index (κ1) is 20.2. The molecular weight excluding hydrogens is 380 g/mol. The van der Waals surface area contributed by atoms with Crippen molar-refractivity contribution in [3.8, 4) is 11.5 Å². The van der Waals surface area contributed by atoms with Crippen LogP contribution in [-0.2, 0) is 9.84 Å². The van der Waals surface area contributed by atoms with E-state index in [9.17, 15) is 13.2 Å². The molecule has 0 aliphatic carbocycles. The van der Waals surface area contributed by atoms with E-state index in [0.717, 1.165) is 13.0 Å². The Morgan fingerprint density at radius 2 is 1.89 bits per heavy atom. The van der Waals surface area contributed by atoms with E-state index in [-0.39, 0.29) is 22.1 Å². The minimum Gasteiger partial charge on any atom is -0.496 e. The van der Waals surface area contributed by atoms with Gasteiger partial charge in [-0.3, -0.25) is 4.79 Å². The van der Waals surface area contributed by atoms with Crippen LogP contribution in [0.25, 0.3) is 0 Å². The van der Waals surface area contributed by atoms with Crippen molar-refractivity contribution in [2.75, 3.05) is 38.4 Å². The summed E-state index contributed by atoms with van der Waals surface area (Å²) in [6, 6.07) is 11.4. The molecule has 8 heteroatoms. The minimum absolute atomic E-state index is 0.0555. The van der Waals surface area contributed by atoms with Gasteiger partial charge in [-0.2, -0.15) is 0 Å². The Hall–Kier alpha value is -2.58. The zero-order valence-electron chi connectivity index (χ0n) is 15.9. The van der Waals surface area contributed by atoms with Crippen molar-refractivity contribution in [3.63, 3.8) is 0 Å². The van der Waals surface area contributed by atoms with Gasteiger partial charge >= 0.3 is 0 Å². The maximum Gasteiger partial charge on any atom is 0.259 e. The van der Waals surface area contributed by atoms with Crippen LogP contribution in [0.4, 0.5) is 5.69 Å². The number of sulfone groups is 1. The molecule has 1 amide bonds. The van der Waals surface area contributed by atoms with Crippen molar-refractivity contribution in [1.29, 1.82) is 0 Å². The lowest BCUT2D eigenvalue weighted by Gasteiger charge is -2.14. The molecule has 150 valence electrons. The maximum absolute atomic E-state index is 12.8. The Kier molecular flexibility index (Phi) is 6.21. The summed E-state index contributed by atoms with van der Waals surface area (Å²) in [6.45, 7) is 1.52. The Balaban J connectivity index is 1.89. The van der Waals surface area contributed by atoms with E-state index in [1.807, 2.05) is 0 Å². The SMILES string of the molecule is COc1ccccc1NC(=O)c1cc(S(=O)(=O)C[C@H]2CCNC2)ccc1OC. The number of nitrogens with one attached hydrogen (secondary N) is 2. The molecular formula is C20H24N2O5S. The number of anilines is 1. The molecule has 0 unspecified atom stereocenters. The third kappa shape index (κ3) is 4.45. The average molecular weight is 404 g/mol. The predicted octanol–water partition coefficient (Wildman–Crippen LogP) is 2.34. The monoisotopic (exact) mass is 404 g/mol. The van der Waals surface area contributed by atoms with Gasteiger partial charge in [-0.1, -0.05) is 12.1 Å². The number of amides is 1. The Morgan fingerprint density at radius 1 is 1.14 bits per heavy atom. The summed E-state index contributed by atoms with van der Waals surface area (Å²) in [5.41, 5.74) is 0.640. The molecule has 1 fully saturated rings. The number of carbonyl (C=O) groups excluding carboxylic acids is 1. The van der Waals surface area contributed by atoms with Gasteiger partial charge in [0.25, 0.3) is 5.91 Å². The lowest BCUT2D eigenvalue weighted by molar-refractivity contribution is 0.102. The molecule has 1 saturated heterocycles. The number of para-hydroxylation sites is 2. The van der Waals surface area contributed by atoms with Crippen LogP contribution in [0.15, 0.2) is 47.4 Å². The molecule has 0 saturated carbocycles. The average Bonchev–Trinajstić information content (AvgIpc) is 3.20. The van der Waals surface area contributed by atoms with Crippen molar-refractivity contribution in [1.82, 2.24) is 5.32 Å². The van der Waals surface area contributed by atoms with E-state index in [4.69, 9.17) is 9.47 Å². The fourth-order valence-corrected chi connectivity index (χ4v) is 4.93. The third-order valence-corrected chi connectivity index (χ3v) is 6.63. The number of ether oxygens (including phenoxy) is 2. The van der Waals surface area contributed by atoms with Crippen LogP contribution in [-0.4, -0.2) is 47.4 Å². The topological polar surface area (TPSA) is 93.7 Å². The van der Waals surface area contributed by atoms with Crippen LogP contribution in [0.5, 0.6) is 11.5 Å². The second-order valence-corrected chi connectivity index (χ2v) is 8.69. The molecule has 2 aromatic rings. The van der Waals surface area contributed by atoms with Crippen molar-refractivity contribution in [3.05, 3.63) is 48.0 Å². The van der Waals surface area contributed by atoms with Crippen LogP contribution in [0.2, 0.25) is 0 Å². The Morgan fingerprint density at radius 3 is 2.57 bits per heavy atom. The van der Waals surface area contributed by atoms with E-state index < -0.39 is 15.7 Å². The van der Waals surface area contributed by atoms with Gasteiger partial charge in [0, 0.05) is 0 Å². The summed E-state index contributed by atoms with van der Waals surface area (Å²) in [5, 5.41) is 5.93. The van der Waals surface area contributed by atoms with E-state index in [1.54, 1.807) is 24.3 Å². The van der Waals surface area contributed by atoms with Crippen LogP contribution in [0.3, 0.4) is 0 Å². The summed E-state index contributed by atoms with van der Waals surface area (Å²) < 4.78 is 36.1. The highest BCUT2D eigenvalue weighted by atomic mass is 32.2. The highest BCUT2D eigenvalue weighted by Crippen LogP contribution is 2.28. The van der Waals surface area contributed by atoms with E-state index >= 15 is 0 Å². The first-order valence-electron chi connectivity index (χ1n) is 9.00. The van der Waals surface area contributed by atoms with E-state index in [2.05, 4.69) is 10.6 Å². The fraction of sp³-hybridized carbons (Fsp3) is 0.350. The molecule has 3 rings (SSSR count). The van der Waals surface area contributed by atoms with Gasteiger partial charge in [-0.25, -0.2) is 8.42 Å². The second kappa shape index (κ2) is 8.62. The van der Waals surface area contributed by atoms with E-state index in [1.165, 1.54) is 32.4 Å². The molecule has 1 aliphatic heterocycles. The van der Waals surface area contributed by atoms with Crippen molar-refractivity contribution in [2.45, 2.75) is 11.3 Å². The van der Waals surface area contributed by atoms with Gasteiger partial charge < -0.3 is 20.1 Å². The number of methoxy groups -OCH3 is 2. The lowest BCUT2D eigenvalue weighted by Crippen LogP contribution is -2.20. The standard InChI is InChI=1S/C20H24N2O5S/c1-26-18-8-7-15(28(24,25)13-14-9-10-21-12-14)11-16(18)20(23)22-17-5-3-4-6-19(17)27-2/h3-8,11,14,21H,9-10,12-13H2,1-2H3,(H,22,23)/t14-/m0/s1. The molecule has 0 spiro atoms. The molecule has 0 aromatic heterocycles. The first-order chi connectivity index (χ1) is 13.4. The quantitative estimate of drug-likeness (QED) is 0.736. The molecule has 7 nitrogen and oxygen atoms in total. The van der Waals surface area contributed by atoms with Crippen LogP contribution < -0.4 is 20.1 Å². The molecule has 1 atom stereocenters. The summed E-state index contributed by atoms with van der Waals surface area (Å²) in [4.78, 5) is 13.0. The minimum atomic E-state index is -3.51. The zero-order chi connectivity index (χ0) is 20.1. The highest BCUT2D eigenvalue weighted by Gasteiger charge is 2.26. The van der Waals surface area contributed by atoms with Gasteiger partial charge in [-0.15, -0.1) is 0 Å². The molecule has 2 N–H and O–H groups in total. The van der Waals surface area contributed by atoms with Gasteiger partial charge in [0.15, 0.2) is 9.84 Å². The lowest BCUT2D eigenvalue weighted by atomic mass is 10.1. The number of carbonyl (C=O) groups is 1. The van der Waals surface area contributed by atoms with E-state index in [0.29, 0.717) is 23.7 Å². The second-order valence-electron chi connectivity index (χ2n) is 6.66. The summed E-state index contributed by atoms with van der Waals surface area (Å²) in [5.74, 6) is 0.472. The molecule has 0 bridgehead atoms. The first-order valence-corrected chi connectivity index (χ1v) is 10.7. The number of hydrogen-bond acceptors (Lipinski definition) is 6. The molecule has 28 heavy (non-hydrogen) atoms. The van der Waals surface area contributed by atoms with Gasteiger partial charge in [-0.05, 0) is 55.8 Å². The fourth-order valence-electron chi connectivity index (χ4n) is 3.26. The zero-order valence-corrected chi connectivity index (χ0v) is 16.7. The molecule has 1 heterocycles. The molecule has 2 aromatic carbocycles.